The number of hydrogen-bond donors (Lipinski definition) is 1. The molecular formula is C12H16ClN. The van der Waals surface area contributed by atoms with Crippen LogP contribution in [0, 0.1) is 6.92 Å². The van der Waals surface area contributed by atoms with E-state index in [1.54, 1.807) is 0 Å². The van der Waals surface area contributed by atoms with E-state index in [0.717, 1.165) is 30.1 Å². The number of para-hydroxylation sites is 1. The second kappa shape index (κ2) is 5.71. The highest BCUT2D eigenvalue weighted by molar-refractivity contribution is 6.33. The molecule has 0 bridgehead atoms. The molecule has 1 nitrogen and oxygen atoms in total. The number of hydrogen-bond acceptors (Lipinski definition) is 1. The molecule has 14 heavy (non-hydrogen) atoms. The van der Waals surface area contributed by atoms with Crippen molar-refractivity contribution in [1.29, 1.82) is 0 Å². The summed E-state index contributed by atoms with van der Waals surface area (Å²) < 4.78 is 0. The summed E-state index contributed by atoms with van der Waals surface area (Å²) in [4.78, 5) is 0. The maximum absolute atomic E-state index is 6.06. The lowest BCUT2D eigenvalue weighted by Gasteiger charge is -2.10. The first-order chi connectivity index (χ1) is 6.75. The summed E-state index contributed by atoms with van der Waals surface area (Å²) in [6, 6.07) is 5.93. The van der Waals surface area contributed by atoms with Gasteiger partial charge in [-0.2, -0.15) is 0 Å². The van der Waals surface area contributed by atoms with Crippen molar-refractivity contribution in [3.63, 3.8) is 0 Å². The molecular weight excluding hydrogens is 194 g/mol. The van der Waals surface area contributed by atoms with Gasteiger partial charge in [-0.1, -0.05) is 29.8 Å². The van der Waals surface area contributed by atoms with Crippen molar-refractivity contribution in [3.8, 4) is 0 Å². The zero-order valence-corrected chi connectivity index (χ0v) is 9.27. The molecule has 1 rings (SSSR count). The van der Waals surface area contributed by atoms with Crippen molar-refractivity contribution in [3.05, 3.63) is 41.4 Å². The Balaban J connectivity index is 2.53. The van der Waals surface area contributed by atoms with Gasteiger partial charge in [-0.25, -0.2) is 0 Å². The van der Waals surface area contributed by atoms with E-state index in [-0.39, 0.29) is 0 Å². The van der Waals surface area contributed by atoms with Crippen molar-refractivity contribution in [2.45, 2.75) is 19.8 Å². The second-order valence-corrected chi connectivity index (χ2v) is 3.70. The maximum atomic E-state index is 6.06. The Hall–Kier alpha value is -0.950. The number of anilines is 1. The number of halogens is 1. The largest absolute Gasteiger partial charge is 0.384 e. The molecule has 0 atom stereocenters. The van der Waals surface area contributed by atoms with Gasteiger partial charge in [0.1, 0.15) is 0 Å². The first kappa shape index (κ1) is 11.1. The average molecular weight is 210 g/mol. The fourth-order valence-electron chi connectivity index (χ4n) is 1.32. The Morgan fingerprint density at radius 2 is 2.29 bits per heavy atom. The SMILES string of the molecule is C=CCCCNc1c(C)cccc1Cl. The second-order valence-electron chi connectivity index (χ2n) is 3.29. The molecule has 0 heterocycles. The summed E-state index contributed by atoms with van der Waals surface area (Å²) in [5.41, 5.74) is 2.24. The lowest BCUT2D eigenvalue weighted by atomic mass is 10.2. The summed E-state index contributed by atoms with van der Waals surface area (Å²) >= 11 is 6.06. The normalized spacial score (nSPS) is 9.86. The maximum Gasteiger partial charge on any atom is 0.0640 e. The van der Waals surface area contributed by atoms with Gasteiger partial charge in [-0.05, 0) is 31.4 Å². The van der Waals surface area contributed by atoms with Crippen molar-refractivity contribution >= 4 is 17.3 Å². The van der Waals surface area contributed by atoms with Gasteiger partial charge in [0.25, 0.3) is 0 Å². The summed E-state index contributed by atoms with van der Waals surface area (Å²) in [6.07, 6.45) is 4.06. The summed E-state index contributed by atoms with van der Waals surface area (Å²) in [5, 5.41) is 4.13. The Labute approximate surface area is 90.8 Å². The lowest BCUT2D eigenvalue weighted by Crippen LogP contribution is -2.02. The van der Waals surface area contributed by atoms with E-state index in [2.05, 4.69) is 24.9 Å². The predicted octanol–water partition coefficient (Wildman–Crippen LogP) is 4.03. The van der Waals surface area contributed by atoms with Crippen LogP contribution in [0.3, 0.4) is 0 Å². The summed E-state index contributed by atoms with van der Waals surface area (Å²) in [7, 11) is 0. The minimum absolute atomic E-state index is 0.795. The van der Waals surface area contributed by atoms with E-state index < -0.39 is 0 Å². The molecule has 0 aromatic heterocycles. The Morgan fingerprint density at radius 1 is 1.50 bits per heavy atom. The Kier molecular flexibility index (Phi) is 4.54. The van der Waals surface area contributed by atoms with Crippen LogP contribution in [-0.4, -0.2) is 6.54 Å². The molecule has 0 fully saturated rings. The minimum atomic E-state index is 0.795. The van der Waals surface area contributed by atoms with Crippen molar-refractivity contribution in [1.82, 2.24) is 0 Å². The van der Waals surface area contributed by atoms with E-state index in [4.69, 9.17) is 11.6 Å². The van der Waals surface area contributed by atoms with Crippen LogP contribution in [-0.2, 0) is 0 Å². The molecule has 2 heteroatoms. The molecule has 0 spiro atoms. The van der Waals surface area contributed by atoms with Gasteiger partial charge in [-0.3, -0.25) is 0 Å². The van der Waals surface area contributed by atoms with Gasteiger partial charge in [0.05, 0.1) is 10.7 Å². The molecule has 76 valence electrons. The van der Waals surface area contributed by atoms with E-state index in [1.807, 2.05) is 18.2 Å². The number of benzene rings is 1. The number of allylic oxidation sites excluding steroid dienone is 1. The number of rotatable bonds is 5. The third kappa shape index (κ3) is 3.08. The quantitative estimate of drug-likeness (QED) is 0.571. The molecule has 0 radical (unpaired) electrons. The molecule has 0 aliphatic heterocycles. The Morgan fingerprint density at radius 3 is 2.93 bits per heavy atom. The van der Waals surface area contributed by atoms with Gasteiger partial charge in [0, 0.05) is 6.54 Å². The van der Waals surface area contributed by atoms with E-state index in [1.165, 1.54) is 5.56 Å². The van der Waals surface area contributed by atoms with Gasteiger partial charge < -0.3 is 5.32 Å². The molecule has 0 aliphatic carbocycles. The van der Waals surface area contributed by atoms with Gasteiger partial charge in [0.15, 0.2) is 0 Å². The molecule has 1 N–H and O–H groups in total. The van der Waals surface area contributed by atoms with Crippen LogP contribution in [0.2, 0.25) is 5.02 Å². The minimum Gasteiger partial charge on any atom is -0.384 e. The monoisotopic (exact) mass is 209 g/mol. The number of aryl methyl sites for hydroxylation is 1. The number of unbranched alkanes of at least 4 members (excludes halogenated alkanes) is 1. The van der Waals surface area contributed by atoms with Crippen molar-refractivity contribution < 1.29 is 0 Å². The third-order valence-electron chi connectivity index (χ3n) is 2.11. The highest BCUT2D eigenvalue weighted by atomic mass is 35.5. The highest BCUT2D eigenvalue weighted by Gasteiger charge is 2.01. The summed E-state index contributed by atoms with van der Waals surface area (Å²) in [6.45, 7) is 6.68. The van der Waals surface area contributed by atoms with Crippen molar-refractivity contribution in [2.24, 2.45) is 0 Å². The van der Waals surface area contributed by atoms with Gasteiger partial charge in [-0.15, -0.1) is 6.58 Å². The molecule has 0 saturated carbocycles. The lowest BCUT2D eigenvalue weighted by molar-refractivity contribution is 0.890. The predicted molar refractivity (Wildman–Crippen MR) is 64.1 cm³/mol. The van der Waals surface area contributed by atoms with Crippen LogP contribution in [0.25, 0.3) is 0 Å². The highest BCUT2D eigenvalue weighted by Crippen LogP contribution is 2.24. The van der Waals surface area contributed by atoms with Crippen molar-refractivity contribution in [2.75, 3.05) is 11.9 Å². The molecule has 0 aliphatic rings. The average Bonchev–Trinajstić information content (AvgIpc) is 2.16. The van der Waals surface area contributed by atoms with E-state index in [9.17, 15) is 0 Å². The fraction of sp³-hybridized carbons (Fsp3) is 0.333. The summed E-state index contributed by atoms with van der Waals surface area (Å²) in [5.74, 6) is 0. The van der Waals surface area contributed by atoms with Crippen LogP contribution in [0.1, 0.15) is 18.4 Å². The third-order valence-corrected chi connectivity index (χ3v) is 2.42. The first-order valence-electron chi connectivity index (χ1n) is 4.85. The standard InChI is InChI=1S/C12H16ClN/c1-3-4-5-9-14-12-10(2)7-6-8-11(12)13/h3,6-8,14H,1,4-5,9H2,2H3. The van der Waals surface area contributed by atoms with Crippen LogP contribution in [0.5, 0.6) is 0 Å². The fourth-order valence-corrected chi connectivity index (χ4v) is 1.60. The smallest absolute Gasteiger partial charge is 0.0640 e. The van der Waals surface area contributed by atoms with E-state index in [0.29, 0.717) is 0 Å². The molecule has 1 aromatic rings. The van der Waals surface area contributed by atoms with Crippen LogP contribution in [0.4, 0.5) is 5.69 Å². The molecule has 1 aromatic carbocycles. The molecule has 0 amide bonds. The van der Waals surface area contributed by atoms with Gasteiger partial charge in [0.2, 0.25) is 0 Å². The molecule has 0 unspecified atom stereocenters. The van der Waals surface area contributed by atoms with Crippen LogP contribution in [0.15, 0.2) is 30.9 Å². The van der Waals surface area contributed by atoms with Gasteiger partial charge >= 0.3 is 0 Å². The van der Waals surface area contributed by atoms with Crippen LogP contribution < -0.4 is 5.32 Å². The zero-order valence-electron chi connectivity index (χ0n) is 8.52. The zero-order chi connectivity index (χ0) is 10.4. The topological polar surface area (TPSA) is 12.0 Å². The van der Waals surface area contributed by atoms with Crippen LogP contribution >= 0.6 is 11.6 Å². The molecule has 0 saturated heterocycles. The first-order valence-corrected chi connectivity index (χ1v) is 5.23. The Bertz CT molecular complexity index is 287. The number of nitrogens with one attached hydrogen (secondary N) is 1. The van der Waals surface area contributed by atoms with E-state index >= 15 is 0 Å².